The van der Waals surface area contributed by atoms with Gasteiger partial charge in [0.2, 0.25) is 0 Å². The lowest BCUT2D eigenvalue weighted by molar-refractivity contribution is 0.319. The van der Waals surface area contributed by atoms with Gasteiger partial charge in [0.05, 0.1) is 0 Å². The first-order valence-corrected chi connectivity index (χ1v) is 7.63. The van der Waals surface area contributed by atoms with Gasteiger partial charge in [0.15, 0.2) is 0 Å². The fraction of sp³-hybridized carbons (Fsp3) is 0.188. The van der Waals surface area contributed by atoms with Crippen molar-refractivity contribution in [1.29, 1.82) is 0 Å². The highest BCUT2D eigenvalue weighted by atomic mass is 35.5. The number of benzene rings is 2. The molecule has 5 heteroatoms. The Morgan fingerprint density at radius 1 is 1.14 bits per heavy atom. The van der Waals surface area contributed by atoms with Crippen molar-refractivity contribution in [1.82, 2.24) is 4.90 Å². The third-order valence-electron chi connectivity index (χ3n) is 3.11. The van der Waals surface area contributed by atoms with E-state index in [0.29, 0.717) is 10.0 Å². The van der Waals surface area contributed by atoms with Gasteiger partial charge in [-0.15, -0.1) is 0 Å². The minimum atomic E-state index is 0.414. The van der Waals surface area contributed by atoms with E-state index in [1.165, 1.54) is 0 Å². The molecular formula is C16H16Cl2N2S. The van der Waals surface area contributed by atoms with E-state index in [4.69, 9.17) is 41.2 Å². The predicted molar refractivity (Wildman–Crippen MR) is 94.0 cm³/mol. The van der Waals surface area contributed by atoms with Gasteiger partial charge in [-0.1, -0.05) is 53.6 Å². The van der Waals surface area contributed by atoms with E-state index >= 15 is 0 Å². The number of hydrogen-bond donors (Lipinski definition) is 1. The molecule has 2 rings (SSSR count). The topological polar surface area (TPSA) is 29.3 Å². The van der Waals surface area contributed by atoms with E-state index in [1.54, 1.807) is 6.07 Å². The maximum absolute atomic E-state index is 6.19. The molecule has 0 fully saturated rings. The molecule has 0 saturated heterocycles. The molecule has 0 aliphatic rings. The Bertz CT molecular complexity index is 658. The molecule has 0 aliphatic carbocycles. The van der Waals surface area contributed by atoms with Crippen LogP contribution in [0.2, 0.25) is 10.0 Å². The van der Waals surface area contributed by atoms with Crippen LogP contribution in [0, 0.1) is 0 Å². The van der Waals surface area contributed by atoms with Crippen LogP contribution in [-0.4, -0.2) is 16.9 Å². The van der Waals surface area contributed by atoms with Crippen LogP contribution in [0.15, 0.2) is 42.5 Å². The molecule has 0 bridgehead atoms. The number of nitrogens with zero attached hydrogens (tertiary/aromatic N) is 1. The zero-order valence-corrected chi connectivity index (χ0v) is 14.0. The minimum Gasteiger partial charge on any atom is -0.389 e. The molecule has 0 amide bonds. The summed E-state index contributed by atoms with van der Waals surface area (Å²) < 4.78 is 0. The molecule has 21 heavy (non-hydrogen) atoms. The van der Waals surface area contributed by atoms with E-state index in [-0.39, 0.29) is 0 Å². The van der Waals surface area contributed by atoms with Crippen molar-refractivity contribution in [2.45, 2.75) is 13.1 Å². The molecule has 0 atom stereocenters. The number of nitrogens with two attached hydrogens (primary N) is 1. The molecular weight excluding hydrogens is 323 g/mol. The lowest BCUT2D eigenvalue weighted by Crippen LogP contribution is -2.18. The number of thiocarbonyl (C=S) groups is 1. The monoisotopic (exact) mass is 338 g/mol. The van der Waals surface area contributed by atoms with Crippen molar-refractivity contribution in [3.8, 4) is 0 Å². The third kappa shape index (κ3) is 4.68. The van der Waals surface area contributed by atoms with Crippen LogP contribution >= 0.6 is 35.4 Å². The molecule has 0 radical (unpaired) electrons. The normalized spacial score (nSPS) is 10.9. The second-order valence-electron chi connectivity index (χ2n) is 4.97. The van der Waals surface area contributed by atoms with Crippen molar-refractivity contribution >= 4 is 40.4 Å². The standard InChI is InChI=1S/C16H16Cl2N2S/c1-20(10-13-8-14(17)5-6-15(13)18)9-11-3-2-4-12(7-11)16(19)21/h2-8H,9-10H2,1H3,(H2,19,21). The Labute approximate surface area is 140 Å². The molecule has 0 spiro atoms. The average molecular weight is 339 g/mol. The van der Waals surface area contributed by atoms with Gasteiger partial charge in [-0.2, -0.15) is 0 Å². The maximum atomic E-state index is 6.19. The van der Waals surface area contributed by atoms with Gasteiger partial charge < -0.3 is 5.73 Å². The first-order chi connectivity index (χ1) is 9.95. The molecule has 0 saturated carbocycles. The SMILES string of the molecule is CN(Cc1cccc(C(N)=S)c1)Cc1cc(Cl)ccc1Cl. The smallest absolute Gasteiger partial charge is 0.103 e. The van der Waals surface area contributed by atoms with E-state index in [0.717, 1.165) is 34.8 Å². The van der Waals surface area contributed by atoms with Crippen LogP contribution in [-0.2, 0) is 13.1 Å². The summed E-state index contributed by atoms with van der Waals surface area (Å²) in [5.41, 5.74) is 8.71. The Hall–Kier alpha value is -1.13. The summed E-state index contributed by atoms with van der Waals surface area (Å²) in [6.45, 7) is 1.50. The lowest BCUT2D eigenvalue weighted by atomic mass is 10.1. The second-order valence-corrected chi connectivity index (χ2v) is 6.26. The minimum absolute atomic E-state index is 0.414. The van der Waals surface area contributed by atoms with Gasteiger partial charge in [0.25, 0.3) is 0 Å². The van der Waals surface area contributed by atoms with Crippen LogP contribution < -0.4 is 5.73 Å². The highest BCUT2D eigenvalue weighted by Gasteiger charge is 2.07. The lowest BCUT2D eigenvalue weighted by Gasteiger charge is -2.18. The molecule has 110 valence electrons. The van der Waals surface area contributed by atoms with E-state index in [2.05, 4.69) is 11.0 Å². The predicted octanol–water partition coefficient (Wildman–Crippen LogP) is 4.26. The van der Waals surface area contributed by atoms with Crippen molar-refractivity contribution in [2.24, 2.45) is 5.73 Å². The Morgan fingerprint density at radius 3 is 2.62 bits per heavy atom. The highest BCUT2D eigenvalue weighted by Crippen LogP contribution is 2.22. The summed E-state index contributed by atoms with van der Waals surface area (Å²) in [6, 6.07) is 13.4. The fourth-order valence-electron chi connectivity index (χ4n) is 2.15. The Balaban J connectivity index is 2.08. The van der Waals surface area contributed by atoms with E-state index in [1.807, 2.05) is 37.4 Å². The zero-order chi connectivity index (χ0) is 15.4. The molecule has 2 N–H and O–H groups in total. The van der Waals surface area contributed by atoms with E-state index in [9.17, 15) is 0 Å². The molecule has 2 aromatic rings. The van der Waals surface area contributed by atoms with Crippen LogP contribution in [0.5, 0.6) is 0 Å². The molecule has 0 aliphatic heterocycles. The number of halogens is 2. The van der Waals surface area contributed by atoms with Gasteiger partial charge in [0.1, 0.15) is 4.99 Å². The molecule has 2 aromatic carbocycles. The summed E-state index contributed by atoms with van der Waals surface area (Å²) in [7, 11) is 2.03. The summed E-state index contributed by atoms with van der Waals surface area (Å²) in [5.74, 6) is 0. The summed E-state index contributed by atoms with van der Waals surface area (Å²) in [5, 5.41) is 1.42. The average Bonchev–Trinajstić information content (AvgIpc) is 2.43. The van der Waals surface area contributed by atoms with Gasteiger partial charge in [-0.05, 0) is 42.4 Å². The van der Waals surface area contributed by atoms with Gasteiger partial charge in [-0.3, -0.25) is 4.90 Å². The second kappa shape index (κ2) is 7.23. The van der Waals surface area contributed by atoms with E-state index < -0.39 is 0 Å². The highest BCUT2D eigenvalue weighted by molar-refractivity contribution is 7.80. The Kier molecular flexibility index (Phi) is 5.59. The van der Waals surface area contributed by atoms with Crippen molar-refractivity contribution in [3.63, 3.8) is 0 Å². The van der Waals surface area contributed by atoms with Crippen molar-refractivity contribution in [3.05, 3.63) is 69.2 Å². The first kappa shape index (κ1) is 16.2. The molecule has 0 heterocycles. The van der Waals surface area contributed by atoms with Crippen LogP contribution in [0.25, 0.3) is 0 Å². The maximum Gasteiger partial charge on any atom is 0.103 e. The number of hydrogen-bond acceptors (Lipinski definition) is 2. The van der Waals surface area contributed by atoms with Crippen LogP contribution in [0.4, 0.5) is 0 Å². The first-order valence-electron chi connectivity index (χ1n) is 6.47. The van der Waals surface area contributed by atoms with Crippen LogP contribution in [0.3, 0.4) is 0 Å². The van der Waals surface area contributed by atoms with Gasteiger partial charge in [-0.25, -0.2) is 0 Å². The zero-order valence-electron chi connectivity index (χ0n) is 11.6. The largest absolute Gasteiger partial charge is 0.389 e. The van der Waals surface area contributed by atoms with Gasteiger partial charge in [0, 0.05) is 28.7 Å². The third-order valence-corrected chi connectivity index (χ3v) is 3.95. The van der Waals surface area contributed by atoms with Crippen molar-refractivity contribution in [2.75, 3.05) is 7.05 Å². The summed E-state index contributed by atoms with van der Waals surface area (Å²) in [6.07, 6.45) is 0. The Morgan fingerprint density at radius 2 is 1.90 bits per heavy atom. The van der Waals surface area contributed by atoms with Gasteiger partial charge >= 0.3 is 0 Å². The molecule has 0 unspecified atom stereocenters. The fourth-order valence-corrected chi connectivity index (χ4v) is 2.64. The quantitative estimate of drug-likeness (QED) is 0.826. The number of rotatable bonds is 5. The summed E-state index contributed by atoms with van der Waals surface area (Å²) in [4.78, 5) is 2.58. The summed E-state index contributed by atoms with van der Waals surface area (Å²) >= 11 is 17.2. The van der Waals surface area contributed by atoms with Crippen LogP contribution in [0.1, 0.15) is 16.7 Å². The molecule has 0 aromatic heterocycles. The van der Waals surface area contributed by atoms with Crippen molar-refractivity contribution < 1.29 is 0 Å². The molecule has 2 nitrogen and oxygen atoms in total.